The number of rotatable bonds is 6. The standard InChI is InChI=1S/C26H32F3N5O2/c27-26(28,29)21-5-2-1-4-19(21)22-6-3-13-33(22)25(36)20-16-31-34(24(20)17-7-8-17)18-10-14-32(15-11-18)23(35)9-12-30/h1-2,4-5,16-18,22H,3,6-15,30H2. The van der Waals surface area contributed by atoms with Crippen molar-refractivity contribution in [3.05, 3.63) is 52.8 Å². The molecule has 3 fully saturated rings. The SMILES string of the molecule is NCCC(=O)N1CCC(n2ncc(C(=O)N3CCCC3c3ccccc3C(F)(F)F)c2C2CC2)CC1. The molecule has 0 radical (unpaired) electrons. The van der Waals surface area contributed by atoms with E-state index in [1.54, 1.807) is 17.2 Å². The van der Waals surface area contributed by atoms with Gasteiger partial charge in [0.2, 0.25) is 5.91 Å². The zero-order valence-corrected chi connectivity index (χ0v) is 20.2. The number of alkyl halides is 3. The van der Waals surface area contributed by atoms with Crippen molar-refractivity contribution in [3.63, 3.8) is 0 Å². The molecule has 0 bridgehead atoms. The third kappa shape index (κ3) is 4.75. The van der Waals surface area contributed by atoms with Gasteiger partial charge in [-0.1, -0.05) is 18.2 Å². The molecule has 3 aliphatic rings. The number of carbonyl (C=O) groups is 2. The fourth-order valence-electron chi connectivity index (χ4n) is 5.77. The number of amides is 2. The van der Waals surface area contributed by atoms with Gasteiger partial charge in [-0.2, -0.15) is 18.3 Å². The number of hydrogen-bond acceptors (Lipinski definition) is 4. The highest BCUT2D eigenvalue weighted by atomic mass is 19.4. The molecule has 3 heterocycles. The van der Waals surface area contributed by atoms with Gasteiger partial charge in [0.15, 0.2) is 0 Å². The topological polar surface area (TPSA) is 84.5 Å². The van der Waals surface area contributed by atoms with Crippen LogP contribution in [0.25, 0.3) is 0 Å². The maximum atomic E-state index is 13.8. The van der Waals surface area contributed by atoms with Crippen LogP contribution in [0.1, 0.15) is 90.1 Å². The second-order valence-corrected chi connectivity index (χ2v) is 10.1. The van der Waals surface area contributed by atoms with Crippen LogP contribution in [0.3, 0.4) is 0 Å². The molecule has 1 unspecified atom stereocenters. The predicted molar refractivity (Wildman–Crippen MR) is 127 cm³/mol. The van der Waals surface area contributed by atoms with Gasteiger partial charge in [-0.05, 0) is 50.2 Å². The molecular weight excluding hydrogens is 471 g/mol. The van der Waals surface area contributed by atoms with E-state index in [9.17, 15) is 22.8 Å². The third-order valence-corrected chi connectivity index (χ3v) is 7.69. The lowest BCUT2D eigenvalue weighted by Crippen LogP contribution is -2.40. The van der Waals surface area contributed by atoms with Gasteiger partial charge in [0.25, 0.3) is 5.91 Å². The Morgan fingerprint density at radius 1 is 1.03 bits per heavy atom. The second kappa shape index (κ2) is 9.88. The largest absolute Gasteiger partial charge is 0.416 e. The van der Waals surface area contributed by atoms with E-state index in [0.29, 0.717) is 51.0 Å². The average Bonchev–Trinajstić information content (AvgIpc) is 3.41. The zero-order chi connectivity index (χ0) is 25.4. The summed E-state index contributed by atoms with van der Waals surface area (Å²) < 4.78 is 43.1. The van der Waals surface area contributed by atoms with Crippen LogP contribution >= 0.6 is 0 Å². The highest BCUT2D eigenvalue weighted by Crippen LogP contribution is 2.45. The maximum Gasteiger partial charge on any atom is 0.416 e. The van der Waals surface area contributed by atoms with Gasteiger partial charge in [-0.3, -0.25) is 14.3 Å². The monoisotopic (exact) mass is 503 g/mol. The molecule has 1 atom stereocenters. The van der Waals surface area contributed by atoms with Crippen LogP contribution < -0.4 is 5.73 Å². The van der Waals surface area contributed by atoms with Crippen LogP contribution in [0.15, 0.2) is 30.5 Å². The zero-order valence-electron chi connectivity index (χ0n) is 20.2. The Hall–Kier alpha value is -2.88. The Morgan fingerprint density at radius 2 is 1.75 bits per heavy atom. The lowest BCUT2D eigenvalue weighted by atomic mass is 9.97. The first-order valence-corrected chi connectivity index (χ1v) is 12.8. The number of nitrogens with zero attached hydrogens (tertiary/aromatic N) is 4. The normalized spacial score (nSPS) is 21.3. The number of halogens is 3. The quantitative estimate of drug-likeness (QED) is 0.638. The van der Waals surface area contributed by atoms with Crippen LogP contribution in [0, 0.1) is 0 Å². The molecule has 2 N–H and O–H groups in total. The molecular formula is C26H32F3N5O2. The van der Waals surface area contributed by atoms with Crippen LogP contribution in [-0.4, -0.2) is 57.6 Å². The van der Waals surface area contributed by atoms with Crippen LogP contribution in [-0.2, 0) is 11.0 Å². The van der Waals surface area contributed by atoms with Gasteiger partial charge in [0, 0.05) is 38.5 Å². The van der Waals surface area contributed by atoms with Crippen molar-refractivity contribution in [1.82, 2.24) is 19.6 Å². The summed E-state index contributed by atoms with van der Waals surface area (Å²) in [7, 11) is 0. The lowest BCUT2D eigenvalue weighted by Gasteiger charge is -2.33. The van der Waals surface area contributed by atoms with Crippen molar-refractivity contribution in [2.45, 2.75) is 69.1 Å². The summed E-state index contributed by atoms with van der Waals surface area (Å²) in [5.74, 6) is 0.0685. The summed E-state index contributed by atoms with van der Waals surface area (Å²) in [4.78, 5) is 29.4. The third-order valence-electron chi connectivity index (χ3n) is 7.69. The predicted octanol–water partition coefficient (Wildman–Crippen LogP) is 4.27. The summed E-state index contributed by atoms with van der Waals surface area (Å²) >= 11 is 0. The molecule has 36 heavy (non-hydrogen) atoms. The summed E-state index contributed by atoms with van der Waals surface area (Å²) in [6.07, 6.45) is 2.07. The summed E-state index contributed by atoms with van der Waals surface area (Å²) in [6, 6.07) is 5.05. The Bertz CT molecular complexity index is 1120. The average molecular weight is 504 g/mol. The van der Waals surface area contributed by atoms with Gasteiger partial charge < -0.3 is 15.5 Å². The van der Waals surface area contributed by atoms with Gasteiger partial charge in [0.1, 0.15) is 0 Å². The van der Waals surface area contributed by atoms with E-state index >= 15 is 0 Å². The molecule has 2 aromatic rings. The number of likely N-dealkylation sites (tertiary alicyclic amines) is 2. The Balaban J connectivity index is 1.39. The first kappa shape index (κ1) is 24.8. The molecule has 2 aliphatic heterocycles. The number of hydrogen-bond donors (Lipinski definition) is 1. The Kier molecular flexibility index (Phi) is 6.80. The molecule has 1 aromatic carbocycles. The smallest absolute Gasteiger partial charge is 0.343 e. The van der Waals surface area contributed by atoms with Crippen LogP contribution in [0.4, 0.5) is 13.2 Å². The van der Waals surface area contributed by atoms with Gasteiger partial charge in [0.05, 0.1) is 35.1 Å². The fraction of sp³-hybridized carbons (Fsp3) is 0.577. The molecule has 1 aliphatic carbocycles. The summed E-state index contributed by atoms with van der Waals surface area (Å²) in [5.41, 5.74) is 6.42. The van der Waals surface area contributed by atoms with E-state index in [-0.39, 0.29) is 29.3 Å². The molecule has 1 saturated carbocycles. The summed E-state index contributed by atoms with van der Waals surface area (Å²) in [5, 5.41) is 4.62. The molecule has 1 aromatic heterocycles. The molecule has 7 nitrogen and oxygen atoms in total. The second-order valence-electron chi connectivity index (χ2n) is 10.1. The van der Waals surface area contributed by atoms with Crippen LogP contribution in [0.5, 0.6) is 0 Å². The maximum absolute atomic E-state index is 13.8. The van der Waals surface area contributed by atoms with E-state index < -0.39 is 17.8 Å². The minimum absolute atomic E-state index is 0.0638. The molecule has 2 saturated heterocycles. The minimum atomic E-state index is -4.47. The molecule has 5 rings (SSSR count). The van der Waals surface area contributed by atoms with Crippen molar-refractivity contribution in [1.29, 1.82) is 0 Å². The minimum Gasteiger partial charge on any atom is -0.343 e. The number of benzene rings is 1. The van der Waals surface area contributed by atoms with Gasteiger partial charge >= 0.3 is 6.18 Å². The molecule has 0 spiro atoms. The van der Waals surface area contributed by atoms with Crippen molar-refractivity contribution in [2.24, 2.45) is 5.73 Å². The van der Waals surface area contributed by atoms with Crippen LogP contribution in [0.2, 0.25) is 0 Å². The van der Waals surface area contributed by atoms with Crippen molar-refractivity contribution < 1.29 is 22.8 Å². The lowest BCUT2D eigenvalue weighted by molar-refractivity contribution is -0.138. The first-order valence-electron chi connectivity index (χ1n) is 12.8. The number of piperidine rings is 1. The van der Waals surface area contributed by atoms with E-state index in [1.807, 2.05) is 9.58 Å². The molecule has 2 amide bonds. The first-order chi connectivity index (χ1) is 17.3. The van der Waals surface area contributed by atoms with E-state index in [0.717, 1.165) is 37.4 Å². The van der Waals surface area contributed by atoms with E-state index in [1.165, 1.54) is 12.1 Å². The fourth-order valence-corrected chi connectivity index (χ4v) is 5.77. The van der Waals surface area contributed by atoms with E-state index in [2.05, 4.69) is 5.10 Å². The van der Waals surface area contributed by atoms with Crippen molar-refractivity contribution >= 4 is 11.8 Å². The molecule has 194 valence electrons. The van der Waals surface area contributed by atoms with Gasteiger partial charge in [-0.15, -0.1) is 0 Å². The van der Waals surface area contributed by atoms with Gasteiger partial charge in [-0.25, -0.2) is 0 Å². The number of aromatic nitrogens is 2. The number of nitrogens with two attached hydrogens (primary N) is 1. The summed E-state index contributed by atoms with van der Waals surface area (Å²) in [6.45, 7) is 2.01. The highest BCUT2D eigenvalue weighted by Gasteiger charge is 2.41. The molecule has 10 heteroatoms. The Morgan fingerprint density at radius 3 is 2.42 bits per heavy atom. The number of carbonyl (C=O) groups excluding carboxylic acids is 2. The Labute approximate surface area is 208 Å². The highest BCUT2D eigenvalue weighted by molar-refractivity contribution is 5.96. The van der Waals surface area contributed by atoms with Crippen molar-refractivity contribution in [3.8, 4) is 0 Å². The van der Waals surface area contributed by atoms with Crippen molar-refractivity contribution in [2.75, 3.05) is 26.2 Å². The van der Waals surface area contributed by atoms with E-state index in [4.69, 9.17) is 5.73 Å².